The monoisotopic (exact) mass is 214 g/mol. The Labute approximate surface area is 89.2 Å². The number of hydrogen-bond donors (Lipinski definition) is 1. The molecule has 1 atom stereocenters. The number of methoxy groups -OCH3 is 1. The minimum Gasteiger partial charge on any atom is -0.481 e. The summed E-state index contributed by atoms with van der Waals surface area (Å²) in [5, 5.41) is 0.580. The van der Waals surface area contributed by atoms with Crippen molar-refractivity contribution in [1.29, 1.82) is 0 Å². The lowest BCUT2D eigenvalue weighted by Crippen LogP contribution is -2.18. The van der Waals surface area contributed by atoms with Crippen LogP contribution in [0.2, 0.25) is 5.02 Å². The third-order valence-electron chi connectivity index (χ3n) is 2.12. The molecule has 1 rings (SSSR count). The molecular formula is C10H15ClN2O. The first kappa shape index (κ1) is 11.3. The number of pyridine rings is 1. The lowest BCUT2D eigenvalue weighted by molar-refractivity contribution is 0.380. The van der Waals surface area contributed by atoms with Gasteiger partial charge in [-0.2, -0.15) is 0 Å². The van der Waals surface area contributed by atoms with Crippen molar-refractivity contribution in [2.75, 3.05) is 7.11 Å². The molecule has 0 fully saturated rings. The Morgan fingerprint density at radius 1 is 1.50 bits per heavy atom. The molecule has 0 aliphatic heterocycles. The first-order valence-corrected chi connectivity index (χ1v) is 4.89. The van der Waals surface area contributed by atoms with Crippen LogP contribution in [0.4, 0.5) is 0 Å². The van der Waals surface area contributed by atoms with Crippen molar-refractivity contribution < 1.29 is 4.74 Å². The van der Waals surface area contributed by atoms with E-state index in [2.05, 4.69) is 4.98 Å². The van der Waals surface area contributed by atoms with Crippen LogP contribution in [-0.2, 0) is 0 Å². The van der Waals surface area contributed by atoms with Gasteiger partial charge in [-0.15, -0.1) is 0 Å². The van der Waals surface area contributed by atoms with Crippen LogP contribution >= 0.6 is 11.6 Å². The fourth-order valence-corrected chi connectivity index (χ4v) is 1.38. The van der Waals surface area contributed by atoms with Gasteiger partial charge >= 0.3 is 0 Å². The van der Waals surface area contributed by atoms with Crippen LogP contribution in [0.15, 0.2) is 12.3 Å². The van der Waals surface area contributed by atoms with E-state index in [0.717, 1.165) is 5.56 Å². The quantitative estimate of drug-likeness (QED) is 0.841. The number of nitrogens with zero attached hydrogens (tertiary/aromatic N) is 1. The molecule has 0 spiro atoms. The Morgan fingerprint density at radius 3 is 2.64 bits per heavy atom. The Balaban J connectivity index is 3.10. The maximum absolute atomic E-state index is 6.00. The lowest BCUT2D eigenvalue weighted by atomic mass is 9.98. The van der Waals surface area contributed by atoms with Crippen molar-refractivity contribution >= 4 is 11.6 Å². The van der Waals surface area contributed by atoms with Crippen molar-refractivity contribution in [2.45, 2.75) is 19.9 Å². The molecule has 0 saturated heterocycles. The molecule has 0 bridgehead atoms. The Hall–Kier alpha value is -0.800. The maximum atomic E-state index is 6.00. The summed E-state index contributed by atoms with van der Waals surface area (Å²) in [7, 11) is 1.58. The van der Waals surface area contributed by atoms with Crippen molar-refractivity contribution in [3.05, 3.63) is 22.8 Å². The zero-order valence-corrected chi connectivity index (χ0v) is 9.38. The number of ether oxygens (including phenoxy) is 1. The highest BCUT2D eigenvalue weighted by Gasteiger charge is 2.16. The van der Waals surface area contributed by atoms with E-state index in [1.54, 1.807) is 19.4 Å². The van der Waals surface area contributed by atoms with Crippen LogP contribution in [0.3, 0.4) is 0 Å². The molecule has 2 N–H and O–H groups in total. The smallest absolute Gasteiger partial charge is 0.217 e. The van der Waals surface area contributed by atoms with Gasteiger partial charge in [0.2, 0.25) is 5.88 Å². The van der Waals surface area contributed by atoms with Crippen LogP contribution in [0.5, 0.6) is 5.88 Å². The van der Waals surface area contributed by atoms with Crippen LogP contribution in [0.25, 0.3) is 0 Å². The summed E-state index contributed by atoms with van der Waals surface area (Å²) in [4.78, 5) is 4.07. The topological polar surface area (TPSA) is 48.1 Å². The zero-order chi connectivity index (χ0) is 10.7. The Bertz CT molecular complexity index is 315. The van der Waals surface area contributed by atoms with E-state index in [9.17, 15) is 0 Å². The number of aromatic nitrogens is 1. The molecule has 14 heavy (non-hydrogen) atoms. The van der Waals surface area contributed by atoms with E-state index in [1.807, 2.05) is 13.8 Å². The first-order chi connectivity index (χ1) is 6.56. The fraction of sp³-hybridized carbons (Fsp3) is 0.500. The van der Waals surface area contributed by atoms with E-state index in [1.165, 1.54) is 0 Å². The normalized spacial score (nSPS) is 13.0. The molecule has 0 aliphatic carbocycles. The van der Waals surface area contributed by atoms with Crippen molar-refractivity contribution in [3.63, 3.8) is 0 Å². The number of halogens is 1. The summed E-state index contributed by atoms with van der Waals surface area (Å²) in [6.45, 7) is 4.09. The molecule has 0 saturated carbocycles. The van der Waals surface area contributed by atoms with Crippen molar-refractivity contribution in [1.82, 2.24) is 4.98 Å². The zero-order valence-electron chi connectivity index (χ0n) is 8.62. The summed E-state index contributed by atoms with van der Waals surface area (Å²) >= 11 is 5.85. The van der Waals surface area contributed by atoms with E-state index >= 15 is 0 Å². The third-order valence-corrected chi connectivity index (χ3v) is 2.32. The summed E-state index contributed by atoms with van der Waals surface area (Å²) in [6, 6.07) is 1.70. The molecule has 1 aromatic heterocycles. The number of hydrogen-bond acceptors (Lipinski definition) is 3. The first-order valence-electron chi connectivity index (χ1n) is 4.51. The highest BCUT2D eigenvalue weighted by Crippen LogP contribution is 2.28. The highest BCUT2D eigenvalue weighted by molar-refractivity contribution is 6.30. The molecule has 0 aromatic carbocycles. The van der Waals surface area contributed by atoms with Gasteiger partial charge in [-0.1, -0.05) is 25.4 Å². The molecule has 1 heterocycles. The van der Waals surface area contributed by atoms with E-state index in [-0.39, 0.29) is 6.04 Å². The molecule has 78 valence electrons. The summed E-state index contributed by atoms with van der Waals surface area (Å²) < 4.78 is 5.12. The number of nitrogens with two attached hydrogens (primary N) is 1. The maximum Gasteiger partial charge on any atom is 0.217 e. The Kier molecular flexibility index (Phi) is 3.72. The SMILES string of the molecule is COc1ncc(Cl)cc1[C@H](N)C(C)C. The van der Waals surface area contributed by atoms with Gasteiger partial charge in [0.15, 0.2) is 0 Å². The van der Waals surface area contributed by atoms with E-state index < -0.39 is 0 Å². The molecule has 4 heteroatoms. The summed E-state index contributed by atoms with van der Waals surface area (Å²) in [5.41, 5.74) is 6.86. The van der Waals surface area contributed by atoms with Crippen LogP contribution in [0, 0.1) is 5.92 Å². The molecule has 0 aliphatic rings. The minimum atomic E-state index is -0.101. The minimum absolute atomic E-state index is 0.101. The van der Waals surface area contributed by atoms with Crippen LogP contribution in [-0.4, -0.2) is 12.1 Å². The van der Waals surface area contributed by atoms with Gasteiger partial charge in [0, 0.05) is 17.8 Å². The molecule has 3 nitrogen and oxygen atoms in total. The van der Waals surface area contributed by atoms with Gasteiger partial charge < -0.3 is 10.5 Å². The second-order valence-electron chi connectivity index (χ2n) is 3.52. The van der Waals surface area contributed by atoms with Gasteiger partial charge in [-0.3, -0.25) is 0 Å². The lowest BCUT2D eigenvalue weighted by Gasteiger charge is -2.18. The van der Waals surface area contributed by atoms with Gasteiger partial charge in [0.25, 0.3) is 0 Å². The van der Waals surface area contributed by atoms with Gasteiger partial charge in [-0.25, -0.2) is 4.98 Å². The van der Waals surface area contributed by atoms with Crippen LogP contribution < -0.4 is 10.5 Å². The van der Waals surface area contributed by atoms with E-state index in [4.69, 9.17) is 22.1 Å². The molecule has 1 aromatic rings. The summed E-state index contributed by atoms with van der Waals surface area (Å²) in [6.07, 6.45) is 1.55. The van der Waals surface area contributed by atoms with Crippen molar-refractivity contribution in [3.8, 4) is 5.88 Å². The van der Waals surface area contributed by atoms with E-state index in [0.29, 0.717) is 16.8 Å². The predicted octanol–water partition coefficient (Wildman–Crippen LogP) is 2.40. The highest BCUT2D eigenvalue weighted by atomic mass is 35.5. The van der Waals surface area contributed by atoms with Gasteiger partial charge in [-0.05, 0) is 12.0 Å². The molecular weight excluding hydrogens is 200 g/mol. The average Bonchev–Trinajstić information content (AvgIpc) is 2.16. The standard InChI is InChI=1S/C10H15ClN2O/c1-6(2)9(12)8-4-7(11)5-13-10(8)14-3/h4-6,9H,12H2,1-3H3/t9-/m1/s1. The summed E-state index contributed by atoms with van der Waals surface area (Å²) in [5.74, 6) is 0.875. The second-order valence-corrected chi connectivity index (χ2v) is 3.96. The number of rotatable bonds is 3. The predicted molar refractivity (Wildman–Crippen MR) is 57.6 cm³/mol. The van der Waals surface area contributed by atoms with Crippen molar-refractivity contribution in [2.24, 2.45) is 11.7 Å². The molecule has 0 radical (unpaired) electrons. The molecule has 0 amide bonds. The largest absolute Gasteiger partial charge is 0.481 e. The third kappa shape index (κ3) is 2.36. The Morgan fingerprint density at radius 2 is 2.14 bits per heavy atom. The average molecular weight is 215 g/mol. The fourth-order valence-electron chi connectivity index (χ4n) is 1.21. The second kappa shape index (κ2) is 4.62. The van der Waals surface area contributed by atoms with Gasteiger partial charge in [0.1, 0.15) is 0 Å². The van der Waals surface area contributed by atoms with Crippen LogP contribution in [0.1, 0.15) is 25.5 Å². The molecule has 0 unspecified atom stereocenters. The van der Waals surface area contributed by atoms with Gasteiger partial charge in [0.05, 0.1) is 12.1 Å².